The van der Waals surface area contributed by atoms with Gasteiger partial charge in [-0.1, -0.05) is 102 Å². The second-order valence-electron chi connectivity index (χ2n) is 8.42. The lowest BCUT2D eigenvalue weighted by molar-refractivity contribution is -0.122. The molecule has 1 heterocycles. The Morgan fingerprint density at radius 3 is 1.55 bits per heavy atom. The molecule has 0 spiro atoms. The van der Waals surface area contributed by atoms with Crippen molar-refractivity contribution < 1.29 is 9.59 Å². The van der Waals surface area contributed by atoms with Crippen molar-refractivity contribution in [1.82, 2.24) is 0 Å². The molecule has 0 N–H and O–H groups in total. The van der Waals surface area contributed by atoms with Crippen molar-refractivity contribution in [2.45, 2.75) is 15.6 Å². The van der Waals surface area contributed by atoms with E-state index in [1.54, 1.807) is 0 Å². The quantitative estimate of drug-likeness (QED) is 0.247. The third kappa shape index (κ3) is 2.24. The Labute approximate surface area is 205 Å². The van der Waals surface area contributed by atoms with Crippen molar-refractivity contribution in [3.8, 4) is 0 Å². The van der Waals surface area contributed by atoms with Crippen molar-refractivity contribution in [1.29, 1.82) is 0 Å². The number of alkyl halides is 2. The lowest BCUT2D eigenvalue weighted by Gasteiger charge is -2.55. The first-order chi connectivity index (χ1) is 14.8. The molecule has 1 aliphatic heterocycles. The summed E-state index contributed by atoms with van der Waals surface area (Å²) in [7, 11) is 0. The van der Waals surface area contributed by atoms with Crippen LogP contribution in [0, 0.1) is 18.8 Å². The summed E-state index contributed by atoms with van der Waals surface area (Å²) in [5, 5.41) is 0. The maximum atomic E-state index is 13.9. The van der Waals surface area contributed by atoms with Crippen molar-refractivity contribution in [3.05, 3.63) is 99.0 Å². The molecule has 3 aliphatic carbocycles. The standard InChI is InChI=1S/C25H16Br3NO2/c1-13-10-11-14(12-19(13)26)29-22(30)20-21(23(29)31)25(28)16-7-3-2-6-15(16)24(20,27)17-8-4-5-9-18(17)25/h2-12,20-21H,1H3/t20-,21-,24?,25?/m1/s1. The Morgan fingerprint density at radius 1 is 0.742 bits per heavy atom. The minimum atomic E-state index is -0.760. The van der Waals surface area contributed by atoms with Gasteiger partial charge in [0, 0.05) is 4.47 Å². The number of benzene rings is 3. The number of halogens is 3. The molecule has 154 valence electrons. The average molecular weight is 602 g/mol. The van der Waals surface area contributed by atoms with Gasteiger partial charge >= 0.3 is 0 Å². The van der Waals surface area contributed by atoms with Crippen LogP contribution in [0.15, 0.2) is 71.2 Å². The lowest BCUT2D eigenvalue weighted by atomic mass is 9.54. The first-order valence-electron chi connectivity index (χ1n) is 10.0. The molecule has 3 aromatic rings. The Balaban J connectivity index is 1.65. The molecule has 0 aromatic heterocycles. The second-order valence-corrected chi connectivity index (χ2v) is 11.8. The fourth-order valence-electron chi connectivity index (χ4n) is 5.64. The van der Waals surface area contributed by atoms with Crippen LogP contribution in [0.1, 0.15) is 27.8 Å². The summed E-state index contributed by atoms with van der Waals surface area (Å²) in [4.78, 5) is 29.3. The van der Waals surface area contributed by atoms with E-state index < -0.39 is 20.5 Å². The highest BCUT2D eigenvalue weighted by molar-refractivity contribution is 9.10. The predicted octanol–water partition coefficient (Wildman–Crippen LogP) is 6.17. The summed E-state index contributed by atoms with van der Waals surface area (Å²) < 4.78 is -0.648. The normalized spacial score (nSPS) is 30.3. The summed E-state index contributed by atoms with van der Waals surface area (Å²) in [6.45, 7) is 1.98. The van der Waals surface area contributed by atoms with E-state index in [-0.39, 0.29) is 11.8 Å². The smallest absolute Gasteiger partial charge is 0.239 e. The van der Waals surface area contributed by atoms with Gasteiger partial charge in [-0.3, -0.25) is 9.59 Å². The Hall–Kier alpha value is -1.76. The molecule has 4 aliphatic rings. The van der Waals surface area contributed by atoms with Gasteiger partial charge in [0.15, 0.2) is 0 Å². The van der Waals surface area contributed by atoms with Crippen molar-refractivity contribution in [2.24, 2.45) is 11.8 Å². The third-order valence-corrected chi connectivity index (χ3v) is 10.5. The Bertz CT molecular complexity index is 1200. The molecule has 3 nitrogen and oxygen atoms in total. The first kappa shape index (κ1) is 19.9. The molecule has 6 heteroatoms. The SMILES string of the molecule is Cc1ccc(N2C(=O)[C@H]3[C@H](C2=O)C2(Br)c4ccccc4C3(Br)c3ccccc32)cc1Br. The van der Waals surface area contributed by atoms with E-state index in [9.17, 15) is 9.59 Å². The number of hydrogen-bond acceptors (Lipinski definition) is 2. The topological polar surface area (TPSA) is 37.4 Å². The van der Waals surface area contributed by atoms with Gasteiger partial charge in [0.2, 0.25) is 11.8 Å². The summed E-state index contributed by atoms with van der Waals surface area (Å²) >= 11 is 11.6. The van der Waals surface area contributed by atoms with Crippen molar-refractivity contribution >= 4 is 65.3 Å². The van der Waals surface area contributed by atoms with Crippen LogP contribution in [0.25, 0.3) is 0 Å². The molecule has 3 aromatic carbocycles. The number of anilines is 1. The molecule has 1 fully saturated rings. The van der Waals surface area contributed by atoms with E-state index >= 15 is 0 Å². The van der Waals surface area contributed by atoms with Gasteiger partial charge in [-0.05, 0) is 46.9 Å². The van der Waals surface area contributed by atoms with Crippen LogP contribution in [0.2, 0.25) is 0 Å². The Kier molecular flexibility index (Phi) is 4.10. The molecular formula is C25H16Br3NO2. The van der Waals surface area contributed by atoms with E-state index in [1.165, 1.54) is 4.90 Å². The number of hydrogen-bond donors (Lipinski definition) is 0. The predicted molar refractivity (Wildman–Crippen MR) is 131 cm³/mol. The van der Waals surface area contributed by atoms with Gasteiger partial charge in [-0.25, -0.2) is 4.90 Å². The zero-order chi connectivity index (χ0) is 21.7. The van der Waals surface area contributed by atoms with E-state index in [4.69, 9.17) is 0 Å². The monoisotopic (exact) mass is 599 g/mol. The summed E-state index contributed by atoms with van der Waals surface area (Å²) in [5.74, 6) is -1.44. The van der Waals surface area contributed by atoms with Crippen LogP contribution in [-0.2, 0) is 18.2 Å². The third-order valence-electron chi connectivity index (χ3n) is 7.00. The second kappa shape index (κ2) is 6.40. The van der Waals surface area contributed by atoms with Crippen LogP contribution in [0.3, 0.4) is 0 Å². The van der Waals surface area contributed by atoms with Crippen LogP contribution < -0.4 is 4.90 Å². The number of imide groups is 1. The van der Waals surface area contributed by atoms with Crippen LogP contribution in [0.4, 0.5) is 5.69 Å². The lowest BCUT2D eigenvalue weighted by Crippen LogP contribution is -2.56. The summed E-state index contributed by atoms with van der Waals surface area (Å²) in [5.41, 5.74) is 5.82. The zero-order valence-corrected chi connectivity index (χ0v) is 21.2. The van der Waals surface area contributed by atoms with Gasteiger partial charge in [0.1, 0.15) is 0 Å². The fraction of sp³-hybridized carbons (Fsp3) is 0.200. The molecule has 7 rings (SSSR count). The van der Waals surface area contributed by atoms with Gasteiger partial charge in [0.05, 0.1) is 26.2 Å². The minimum Gasteiger partial charge on any atom is -0.274 e. The van der Waals surface area contributed by atoms with E-state index in [1.807, 2.05) is 49.4 Å². The molecule has 31 heavy (non-hydrogen) atoms. The first-order valence-corrected chi connectivity index (χ1v) is 12.4. The molecular weight excluding hydrogens is 586 g/mol. The highest BCUT2D eigenvalue weighted by Crippen LogP contribution is 2.70. The van der Waals surface area contributed by atoms with Gasteiger partial charge in [-0.15, -0.1) is 0 Å². The number of carbonyl (C=O) groups excluding carboxylic acids is 2. The highest BCUT2D eigenvalue weighted by Gasteiger charge is 2.72. The molecule has 0 saturated carbocycles. The average Bonchev–Trinajstić information content (AvgIpc) is 3.05. The largest absolute Gasteiger partial charge is 0.274 e. The number of nitrogens with zero attached hydrogens (tertiary/aromatic N) is 1. The van der Waals surface area contributed by atoms with E-state index in [0.29, 0.717) is 5.69 Å². The molecule has 0 unspecified atom stereocenters. The highest BCUT2D eigenvalue weighted by atomic mass is 79.9. The molecule has 2 amide bonds. The maximum Gasteiger partial charge on any atom is 0.239 e. The summed E-state index contributed by atoms with van der Waals surface area (Å²) in [6.07, 6.45) is 0. The number of rotatable bonds is 1. The van der Waals surface area contributed by atoms with Crippen LogP contribution in [0.5, 0.6) is 0 Å². The Morgan fingerprint density at radius 2 is 1.16 bits per heavy atom. The number of amides is 2. The van der Waals surface area contributed by atoms with Gasteiger partial charge in [-0.2, -0.15) is 0 Å². The molecule has 2 atom stereocenters. The van der Waals surface area contributed by atoms with Crippen molar-refractivity contribution in [2.75, 3.05) is 4.90 Å². The zero-order valence-electron chi connectivity index (χ0n) is 16.4. The van der Waals surface area contributed by atoms with E-state index in [2.05, 4.69) is 72.1 Å². The van der Waals surface area contributed by atoms with E-state index in [0.717, 1.165) is 32.3 Å². The number of carbonyl (C=O) groups is 2. The van der Waals surface area contributed by atoms with Gasteiger partial charge < -0.3 is 0 Å². The van der Waals surface area contributed by atoms with Crippen LogP contribution >= 0.6 is 47.8 Å². The summed E-state index contributed by atoms with van der Waals surface area (Å²) in [6, 6.07) is 21.9. The van der Waals surface area contributed by atoms with Crippen molar-refractivity contribution in [3.63, 3.8) is 0 Å². The minimum absolute atomic E-state index is 0.171. The molecule has 2 bridgehead atoms. The molecule has 1 saturated heterocycles. The van der Waals surface area contributed by atoms with Crippen LogP contribution in [-0.4, -0.2) is 11.8 Å². The maximum absolute atomic E-state index is 13.9. The van der Waals surface area contributed by atoms with Gasteiger partial charge in [0.25, 0.3) is 0 Å². The fourth-order valence-corrected chi connectivity index (χ4v) is 8.31. The molecule has 0 radical (unpaired) electrons. The number of aryl methyl sites for hydroxylation is 1.